The number of amides is 1. The van der Waals surface area contributed by atoms with Gasteiger partial charge >= 0.3 is 0 Å². The van der Waals surface area contributed by atoms with Crippen molar-refractivity contribution in [2.24, 2.45) is 4.99 Å². The Morgan fingerprint density at radius 2 is 1.70 bits per heavy atom. The highest BCUT2D eigenvalue weighted by atomic mass is 16.5. The number of benzene rings is 3. The number of ether oxygens (including phenoxy) is 2. The predicted octanol–water partition coefficient (Wildman–Crippen LogP) is 4.85. The van der Waals surface area contributed by atoms with Crippen LogP contribution in [0.2, 0.25) is 0 Å². The molecule has 1 heterocycles. The van der Waals surface area contributed by atoms with Gasteiger partial charge in [0.05, 0.1) is 19.9 Å². The number of amidine groups is 1. The van der Waals surface area contributed by atoms with Crippen LogP contribution >= 0.6 is 0 Å². The second-order valence-electron chi connectivity index (χ2n) is 6.92. The van der Waals surface area contributed by atoms with Crippen molar-refractivity contribution in [3.05, 3.63) is 95.2 Å². The summed E-state index contributed by atoms with van der Waals surface area (Å²) in [5.41, 5.74) is 3.83. The maximum Gasteiger partial charge on any atom is 0.282 e. The summed E-state index contributed by atoms with van der Waals surface area (Å²) in [6.07, 6.45) is 1.75. The summed E-state index contributed by atoms with van der Waals surface area (Å²) in [6, 6.07) is 23.0. The lowest BCUT2D eigenvalue weighted by molar-refractivity contribution is -0.113. The van der Waals surface area contributed by atoms with Crippen molar-refractivity contribution in [1.29, 1.82) is 0 Å². The molecule has 0 bridgehead atoms. The second kappa shape index (κ2) is 8.25. The number of methoxy groups -OCH3 is 2. The smallest absolute Gasteiger partial charge is 0.282 e. The maximum absolute atomic E-state index is 13.4. The van der Waals surface area contributed by atoms with Gasteiger partial charge in [-0.2, -0.15) is 0 Å². The van der Waals surface area contributed by atoms with Crippen molar-refractivity contribution in [2.45, 2.75) is 6.92 Å². The zero-order chi connectivity index (χ0) is 21.1. The van der Waals surface area contributed by atoms with E-state index in [4.69, 9.17) is 14.5 Å². The van der Waals surface area contributed by atoms with Crippen LogP contribution in [0.25, 0.3) is 6.08 Å². The van der Waals surface area contributed by atoms with Gasteiger partial charge in [0.25, 0.3) is 5.91 Å². The molecule has 5 heteroatoms. The van der Waals surface area contributed by atoms with Gasteiger partial charge in [-0.3, -0.25) is 9.69 Å². The van der Waals surface area contributed by atoms with Gasteiger partial charge in [-0.05, 0) is 42.8 Å². The molecular formula is C25H22N2O3. The first-order valence-corrected chi connectivity index (χ1v) is 9.59. The van der Waals surface area contributed by atoms with Crippen LogP contribution in [-0.2, 0) is 4.79 Å². The van der Waals surface area contributed by atoms with E-state index in [1.165, 1.54) is 0 Å². The van der Waals surface area contributed by atoms with E-state index in [0.29, 0.717) is 23.0 Å². The molecule has 0 atom stereocenters. The average Bonchev–Trinajstić information content (AvgIpc) is 3.10. The fourth-order valence-electron chi connectivity index (χ4n) is 3.39. The van der Waals surface area contributed by atoms with Crippen LogP contribution in [0, 0.1) is 6.92 Å². The number of nitrogens with zero attached hydrogens (tertiary/aromatic N) is 2. The van der Waals surface area contributed by atoms with E-state index in [1.807, 2.05) is 73.7 Å². The molecule has 0 saturated heterocycles. The molecule has 4 rings (SSSR count). The fraction of sp³-hybridized carbons (Fsp3) is 0.120. The summed E-state index contributed by atoms with van der Waals surface area (Å²) < 4.78 is 10.7. The first kappa shape index (κ1) is 19.5. The largest absolute Gasteiger partial charge is 0.497 e. The zero-order valence-corrected chi connectivity index (χ0v) is 17.1. The van der Waals surface area contributed by atoms with Gasteiger partial charge in [0.15, 0.2) is 0 Å². The third-order valence-electron chi connectivity index (χ3n) is 4.89. The number of carbonyl (C=O) groups is 1. The van der Waals surface area contributed by atoms with Gasteiger partial charge in [0.1, 0.15) is 23.0 Å². The van der Waals surface area contributed by atoms with Crippen LogP contribution in [0.5, 0.6) is 11.5 Å². The Morgan fingerprint density at radius 3 is 2.40 bits per heavy atom. The normalized spacial score (nSPS) is 14.8. The lowest BCUT2D eigenvalue weighted by atomic mass is 10.1. The number of aryl methyl sites for hydroxylation is 1. The SMILES string of the molecule is COc1ccc(C=C2N=C(c3ccccc3)N(c3cccc(C)c3)C2=O)c(OC)c1. The number of carbonyl (C=O) groups excluding carboxylic acids is 1. The summed E-state index contributed by atoms with van der Waals surface area (Å²) in [7, 11) is 3.19. The Hall–Kier alpha value is -3.86. The highest BCUT2D eigenvalue weighted by Gasteiger charge is 2.32. The number of hydrogen-bond donors (Lipinski definition) is 0. The number of hydrogen-bond acceptors (Lipinski definition) is 4. The predicted molar refractivity (Wildman–Crippen MR) is 119 cm³/mol. The van der Waals surface area contributed by atoms with Gasteiger partial charge in [0.2, 0.25) is 0 Å². The molecule has 0 spiro atoms. The third-order valence-corrected chi connectivity index (χ3v) is 4.89. The minimum absolute atomic E-state index is 0.183. The summed E-state index contributed by atoms with van der Waals surface area (Å²) in [5.74, 6) is 1.71. The van der Waals surface area contributed by atoms with Gasteiger partial charge in [-0.1, -0.05) is 42.5 Å². The van der Waals surface area contributed by atoms with Crippen LogP contribution in [0.15, 0.2) is 83.5 Å². The molecule has 5 nitrogen and oxygen atoms in total. The summed E-state index contributed by atoms with van der Waals surface area (Å²) >= 11 is 0. The number of aliphatic imine (C=N–C) groups is 1. The molecule has 1 aliphatic rings. The number of anilines is 1. The lowest BCUT2D eigenvalue weighted by Crippen LogP contribution is -2.32. The molecule has 0 fully saturated rings. The molecule has 0 unspecified atom stereocenters. The Labute approximate surface area is 175 Å². The Morgan fingerprint density at radius 1 is 0.900 bits per heavy atom. The van der Waals surface area contributed by atoms with E-state index in [1.54, 1.807) is 31.3 Å². The molecule has 0 aliphatic carbocycles. The molecule has 0 radical (unpaired) electrons. The standard InChI is InChI=1S/C25H22N2O3/c1-17-8-7-11-20(14-17)27-24(18-9-5-4-6-10-18)26-22(25(27)28)15-19-12-13-21(29-2)16-23(19)30-3/h4-16H,1-3H3. The topological polar surface area (TPSA) is 51.1 Å². The third kappa shape index (κ3) is 3.70. The summed E-state index contributed by atoms with van der Waals surface area (Å²) in [5, 5.41) is 0. The molecule has 0 N–H and O–H groups in total. The fourth-order valence-corrected chi connectivity index (χ4v) is 3.39. The van der Waals surface area contributed by atoms with Crippen molar-refractivity contribution in [3.63, 3.8) is 0 Å². The zero-order valence-electron chi connectivity index (χ0n) is 17.1. The molecule has 1 amide bonds. The van der Waals surface area contributed by atoms with E-state index in [-0.39, 0.29) is 5.91 Å². The molecule has 3 aromatic rings. The van der Waals surface area contributed by atoms with E-state index in [0.717, 1.165) is 22.4 Å². The number of rotatable bonds is 5. The summed E-state index contributed by atoms with van der Waals surface area (Å²) in [6.45, 7) is 2.00. The molecule has 30 heavy (non-hydrogen) atoms. The molecule has 150 valence electrons. The quantitative estimate of drug-likeness (QED) is 0.578. The van der Waals surface area contributed by atoms with Gasteiger partial charge in [0, 0.05) is 17.2 Å². The van der Waals surface area contributed by atoms with Crippen LogP contribution < -0.4 is 14.4 Å². The maximum atomic E-state index is 13.4. The van der Waals surface area contributed by atoms with Gasteiger partial charge < -0.3 is 9.47 Å². The second-order valence-corrected chi connectivity index (χ2v) is 6.92. The van der Waals surface area contributed by atoms with Crippen molar-refractivity contribution < 1.29 is 14.3 Å². The minimum Gasteiger partial charge on any atom is -0.497 e. The van der Waals surface area contributed by atoms with E-state index >= 15 is 0 Å². The lowest BCUT2D eigenvalue weighted by Gasteiger charge is -2.19. The van der Waals surface area contributed by atoms with Crippen molar-refractivity contribution in [3.8, 4) is 11.5 Å². The highest BCUT2D eigenvalue weighted by molar-refractivity contribution is 6.33. The Kier molecular flexibility index (Phi) is 5.35. The van der Waals surface area contributed by atoms with Gasteiger partial charge in [-0.15, -0.1) is 0 Å². The van der Waals surface area contributed by atoms with Crippen LogP contribution in [0.1, 0.15) is 16.7 Å². The molecule has 1 aliphatic heterocycles. The summed E-state index contributed by atoms with van der Waals surface area (Å²) in [4.78, 5) is 19.8. The molecule has 0 aromatic heterocycles. The first-order valence-electron chi connectivity index (χ1n) is 9.59. The Bertz CT molecular complexity index is 1150. The first-order chi connectivity index (χ1) is 14.6. The molecule has 3 aromatic carbocycles. The Balaban J connectivity index is 1.83. The van der Waals surface area contributed by atoms with Crippen molar-refractivity contribution in [1.82, 2.24) is 0 Å². The average molecular weight is 398 g/mol. The highest BCUT2D eigenvalue weighted by Crippen LogP contribution is 2.31. The minimum atomic E-state index is -0.183. The van der Waals surface area contributed by atoms with Crippen LogP contribution in [-0.4, -0.2) is 26.0 Å². The van der Waals surface area contributed by atoms with Crippen LogP contribution in [0.3, 0.4) is 0 Å². The van der Waals surface area contributed by atoms with Crippen LogP contribution in [0.4, 0.5) is 5.69 Å². The van der Waals surface area contributed by atoms with Crippen molar-refractivity contribution in [2.75, 3.05) is 19.1 Å². The molecule has 0 saturated carbocycles. The van der Waals surface area contributed by atoms with Crippen molar-refractivity contribution >= 4 is 23.5 Å². The van der Waals surface area contributed by atoms with E-state index < -0.39 is 0 Å². The monoisotopic (exact) mass is 398 g/mol. The van der Waals surface area contributed by atoms with Gasteiger partial charge in [-0.25, -0.2) is 4.99 Å². The molecular weight excluding hydrogens is 376 g/mol. The van der Waals surface area contributed by atoms with E-state index in [2.05, 4.69) is 0 Å². The van der Waals surface area contributed by atoms with E-state index in [9.17, 15) is 4.79 Å².